The number of carbonyl (C=O) groups excluding carboxylic acids is 2. The van der Waals surface area contributed by atoms with Crippen molar-refractivity contribution in [3.8, 4) is 0 Å². The molecule has 1 aromatic rings. The fraction of sp³-hybridized carbons (Fsp3) is 0.500. The predicted octanol–water partition coefficient (Wildman–Crippen LogP) is 1.35. The quantitative estimate of drug-likeness (QED) is 0.857. The second-order valence-electron chi connectivity index (χ2n) is 6.29. The maximum Gasteiger partial charge on any atom is 0.240 e. The highest BCUT2D eigenvalue weighted by molar-refractivity contribution is 5.87. The van der Waals surface area contributed by atoms with Crippen LogP contribution in [0.15, 0.2) is 30.3 Å². The number of hydrogen-bond acceptors (Lipinski definition) is 3. The highest BCUT2D eigenvalue weighted by atomic mass is 35.5. The van der Waals surface area contributed by atoms with Crippen LogP contribution in [0.4, 0.5) is 0 Å². The number of hydrogen-bond donors (Lipinski definition) is 2. The number of carbonyl (C=O) groups is 2. The van der Waals surface area contributed by atoms with Crippen molar-refractivity contribution in [2.24, 2.45) is 5.73 Å². The summed E-state index contributed by atoms with van der Waals surface area (Å²) in [4.78, 5) is 25.3. The molecule has 124 valence electrons. The zero-order valence-electron chi connectivity index (χ0n) is 13.6. The van der Waals surface area contributed by atoms with Crippen LogP contribution in [0.5, 0.6) is 0 Å². The first-order valence-corrected chi connectivity index (χ1v) is 7.04. The van der Waals surface area contributed by atoms with Crippen molar-refractivity contribution in [2.45, 2.75) is 38.8 Å². The monoisotopic (exact) mass is 327 g/mol. The molecule has 3 N–H and O–H groups in total. The third-order valence-corrected chi connectivity index (χ3v) is 2.89. The minimum absolute atomic E-state index is 0. The molecule has 1 unspecified atom stereocenters. The van der Waals surface area contributed by atoms with E-state index in [1.54, 1.807) is 7.05 Å². The molecule has 0 aromatic heterocycles. The molecule has 22 heavy (non-hydrogen) atoms. The Bertz CT molecular complexity index is 486. The Hall–Kier alpha value is -1.59. The van der Waals surface area contributed by atoms with E-state index in [2.05, 4.69) is 5.32 Å². The zero-order valence-corrected chi connectivity index (χ0v) is 14.4. The van der Waals surface area contributed by atoms with Crippen LogP contribution < -0.4 is 11.1 Å². The van der Waals surface area contributed by atoms with Crippen molar-refractivity contribution in [3.63, 3.8) is 0 Å². The van der Waals surface area contributed by atoms with Gasteiger partial charge in [-0.1, -0.05) is 30.3 Å². The number of benzene rings is 1. The second-order valence-corrected chi connectivity index (χ2v) is 6.29. The number of nitrogens with one attached hydrogen (secondary N) is 1. The highest BCUT2D eigenvalue weighted by Gasteiger charge is 2.22. The summed E-state index contributed by atoms with van der Waals surface area (Å²) >= 11 is 0. The van der Waals surface area contributed by atoms with Crippen LogP contribution in [0.25, 0.3) is 0 Å². The van der Waals surface area contributed by atoms with E-state index in [1.165, 1.54) is 4.90 Å². The number of rotatable bonds is 5. The normalized spacial score (nSPS) is 12.0. The number of halogens is 1. The van der Waals surface area contributed by atoms with Gasteiger partial charge in [-0.2, -0.15) is 0 Å². The van der Waals surface area contributed by atoms with Crippen LogP contribution in [0.3, 0.4) is 0 Å². The third kappa shape index (κ3) is 7.43. The third-order valence-electron chi connectivity index (χ3n) is 2.89. The molecule has 1 aromatic carbocycles. The van der Waals surface area contributed by atoms with Crippen LogP contribution in [-0.2, 0) is 16.0 Å². The maximum atomic E-state index is 12.2. The largest absolute Gasteiger partial charge is 0.350 e. The van der Waals surface area contributed by atoms with Crippen molar-refractivity contribution < 1.29 is 9.59 Å². The summed E-state index contributed by atoms with van der Waals surface area (Å²) in [6.07, 6.45) is 0.463. The Morgan fingerprint density at radius 3 is 2.27 bits per heavy atom. The van der Waals surface area contributed by atoms with Gasteiger partial charge in [0.25, 0.3) is 0 Å². The molecule has 1 atom stereocenters. The molecule has 0 radical (unpaired) electrons. The molecule has 0 bridgehead atoms. The first-order valence-electron chi connectivity index (χ1n) is 7.04. The molecule has 0 saturated carbocycles. The lowest BCUT2D eigenvalue weighted by molar-refractivity contribution is -0.136. The van der Waals surface area contributed by atoms with Crippen LogP contribution in [-0.4, -0.2) is 41.9 Å². The summed E-state index contributed by atoms with van der Waals surface area (Å²) in [6.45, 7) is 5.70. The molecule has 0 spiro atoms. The van der Waals surface area contributed by atoms with E-state index in [0.29, 0.717) is 6.42 Å². The molecule has 0 fully saturated rings. The summed E-state index contributed by atoms with van der Waals surface area (Å²) in [5.74, 6) is -0.423. The Balaban J connectivity index is 0.00000441. The molecular weight excluding hydrogens is 302 g/mol. The second kappa shape index (κ2) is 8.76. The fourth-order valence-electron chi connectivity index (χ4n) is 1.99. The van der Waals surface area contributed by atoms with Crippen molar-refractivity contribution >= 4 is 24.2 Å². The standard InChI is InChI=1S/C16H25N3O2.ClH/c1-16(2,3)18-14(20)11-19(4)15(21)13(17)10-12-8-6-5-7-9-12;/h5-9,13H,10-11,17H2,1-4H3,(H,18,20);1H. The summed E-state index contributed by atoms with van der Waals surface area (Å²) in [5, 5.41) is 2.82. The molecule has 1 rings (SSSR count). The molecule has 0 saturated heterocycles. The van der Waals surface area contributed by atoms with Crippen LogP contribution >= 0.6 is 12.4 Å². The number of likely N-dealkylation sites (N-methyl/N-ethyl adjacent to an activating group) is 1. The number of nitrogens with zero attached hydrogens (tertiary/aromatic N) is 1. The van der Waals surface area contributed by atoms with Gasteiger partial charge in [0.15, 0.2) is 0 Å². The lowest BCUT2D eigenvalue weighted by Gasteiger charge is -2.25. The van der Waals surface area contributed by atoms with E-state index in [0.717, 1.165) is 5.56 Å². The molecular formula is C16H26ClN3O2. The summed E-state index contributed by atoms with van der Waals surface area (Å²) < 4.78 is 0. The van der Waals surface area contributed by atoms with Crippen molar-refractivity contribution in [1.29, 1.82) is 0 Å². The Morgan fingerprint density at radius 2 is 1.77 bits per heavy atom. The average molecular weight is 328 g/mol. The molecule has 0 aliphatic rings. The minimum Gasteiger partial charge on any atom is -0.350 e. The van der Waals surface area contributed by atoms with Gasteiger partial charge in [0.05, 0.1) is 12.6 Å². The van der Waals surface area contributed by atoms with Gasteiger partial charge in [0.2, 0.25) is 11.8 Å². The van der Waals surface area contributed by atoms with Crippen LogP contribution in [0.2, 0.25) is 0 Å². The van der Waals surface area contributed by atoms with Gasteiger partial charge in [-0.3, -0.25) is 9.59 Å². The fourth-order valence-corrected chi connectivity index (χ4v) is 1.99. The molecule has 6 heteroatoms. The number of amides is 2. The SMILES string of the molecule is CN(CC(=O)NC(C)(C)C)C(=O)C(N)Cc1ccccc1.Cl. The van der Waals surface area contributed by atoms with E-state index in [9.17, 15) is 9.59 Å². The smallest absolute Gasteiger partial charge is 0.240 e. The molecule has 0 aliphatic heterocycles. The van der Waals surface area contributed by atoms with Crippen molar-refractivity contribution in [1.82, 2.24) is 10.2 Å². The predicted molar refractivity (Wildman–Crippen MR) is 90.9 cm³/mol. The topological polar surface area (TPSA) is 75.4 Å². The van der Waals surface area contributed by atoms with E-state index in [-0.39, 0.29) is 36.3 Å². The van der Waals surface area contributed by atoms with E-state index < -0.39 is 6.04 Å². The Kier molecular flexibility index (Phi) is 8.12. The van der Waals surface area contributed by atoms with Gasteiger partial charge in [-0.05, 0) is 32.8 Å². The van der Waals surface area contributed by atoms with Gasteiger partial charge in [0.1, 0.15) is 0 Å². The summed E-state index contributed by atoms with van der Waals surface area (Å²) in [6, 6.07) is 8.96. The minimum atomic E-state index is -0.639. The zero-order chi connectivity index (χ0) is 16.0. The lowest BCUT2D eigenvalue weighted by Crippen LogP contribution is -2.49. The Morgan fingerprint density at radius 1 is 1.23 bits per heavy atom. The van der Waals surface area contributed by atoms with Crippen molar-refractivity contribution in [3.05, 3.63) is 35.9 Å². The van der Waals surface area contributed by atoms with Crippen molar-refractivity contribution in [2.75, 3.05) is 13.6 Å². The van der Waals surface area contributed by atoms with Crippen LogP contribution in [0.1, 0.15) is 26.3 Å². The summed E-state index contributed by atoms with van der Waals surface area (Å²) in [7, 11) is 1.59. The summed E-state index contributed by atoms with van der Waals surface area (Å²) in [5.41, 5.74) is 6.62. The molecule has 0 aliphatic carbocycles. The molecule has 0 heterocycles. The first kappa shape index (κ1) is 20.4. The highest BCUT2D eigenvalue weighted by Crippen LogP contribution is 2.04. The molecule has 2 amide bonds. The first-order chi connectivity index (χ1) is 9.69. The van der Waals surface area contributed by atoms with E-state index in [4.69, 9.17) is 5.73 Å². The van der Waals surface area contributed by atoms with Crippen LogP contribution in [0, 0.1) is 0 Å². The number of nitrogens with two attached hydrogens (primary N) is 1. The maximum absolute atomic E-state index is 12.2. The lowest BCUT2D eigenvalue weighted by atomic mass is 10.1. The molecule has 5 nitrogen and oxygen atoms in total. The van der Waals surface area contributed by atoms with Gasteiger partial charge < -0.3 is 16.0 Å². The van der Waals surface area contributed by atoms with E-state index >= 15 is 0 Å². The average Bonchev–Trinajstić information content (AvgIpc) is 2.36. The van der Waals surface area contributed by atoms with Gasteiger partial charge >= 0.3 is 0 Å². The Labute approximate surface area is 138 Å². The van der Waals surface area contributed by atoms with E-state index in [1.807, 2.05) is 51.1 Å². The van der Waals surface area contributed by atoms with Gasteiger partial charge in [0, 0.05) is 12.6 Å². The van der Waals surface area contributed by atoms with Gasteiger partial charge in [-0.15, -0.1) is 12.4 Å². The van der Waals surface area contributed by atoms with Gasteiger partial charge in [-0.25, -0.2) is 0 Å².